The number of hydrogen-bond acceptors (Lipinski definition) is 1. The molecule has 3 nitrogen and oxygen atoms in total. The molecule has 21 heavy (non-hydrogen) atoms. The second-order valence-electron chi connectivity index (χ2n) is 4.88. The number of carbonyl (C=O) groups is 1. The predicted molar refractivity (Wildman–Crippen MR) is 87.5 cm³/mol. The average molecular weight is 437 g/mol. The Labute approximate surface area is 142 Å². The molecule has 1 aliphatic carbocycles. The van der Waals surface area contributed by atoms with Gasteiger partial charge in [0.25, 0.3) is 5.91 Å². The standard InChI is InChI=1S/C14H10Br2ClFN2O/c15-7-3-12(20(6-7)9-1-2-9)14(21)19-13-10(16)4-8(18)5-11(13)17/h3-6,9H,1-2H2,(H,19,21). The molecule has 1 saturated carbocycles. The summed E-state index contributed by atoms with van der Waals surface area (Å²) in [5.41, 5.74) is 0.916. The van der Waals surface area contributed by atoms with Crippen LogP contribution < -0.4 is 5.32 Å². The molecule has 0 saturated heterocycles. The van der Waals surface area contributed by atoms with E-state index in [1.165, 1.54) is 6.07 Å². The van der Waals surface area contributed by atoms with Crippen LogP contribution in [0, 0.1) is 5.82 Å². The number of benzene rings is 1. The smallest absolute Gasteiger partial charge is 0.272 e. The molecule has 1 N–H and O–H groups in total. The zero-order chi connectivity index (χ0) is 15.1. The van der Waals surface area contributed by atoms with Gasteiger partial charge in [0.2, 0.25) is 0 Å². The Morgan fingerprint density at radius 1 is 1.33 bits per heavy atom. The van der Waals surface area contributed by atoms with Gasteiger partial charge in [-0.2, -0.15) is 0 Å². The molecule has 110 valence electrons. The Morgan fingerprint density at radius 3 is 2.67 bits per heavy atom. The van der Waals surface area contributed by atoms with E-state index in [-0.39, 0.29) is 10.9 Å². The van der Waals surface area contributed by atoms with Gasteiger partial charge in [0.1, 0.15) is 11.5 Å². The number of rotatable bonds is 3. The zero-order valence-corrected chi connectivity index (χ0v) is 14.6. The summed E-state index contributed by atoms with van der Waals surface area (Å²) in [6, 6.07) is 4.57. The minimum Gasteiger partial charge on any atom is -0.339 e. The summed E-state index contributed by atoms with van der Waals surface area (Å²) in [5.74, 6) is -0.740. The van der Waals surface area contributed by atoms with Gasteiger partial charge in [0.15, 0.2) is 0 Å². The number of amides is 1. The van der Waals surface area contributed by atoms with Crippen LogP contribution in [-0.4, -0.2) is 10.5 Å². The molecule has 1 heterocycles. The normalized spacial score (nSPS) is 14.3. The lowest BCUT2D eigenvalue weighted by Crippen LogP contribution is -2.17. The van der Waals surface area contributed by atoms with Crippen LogP contribution in [0.4, 0.5) is 10.1 Å². The van der Waals surface area contributed by atoms with E-state index in [0.29, 0.717) is 21.9 Å². The summed E-state index contributed by atoms with van der Waals surface area (Å²) in [4.78, 5) is 12.4. The highest BCUT2D eigenvalue weighted by Crippen LogP contribution is 2.38. The maximum atomic E-state index is 13.2. The summed E-state index contributed by atoms with van der Waals surface area (Å²) >= 11 is 12.6. The third kappa shape index (κ3) is 3.17. The molecule has 2 aromatic rings. The molecule has 0 atom stereocenters. The fraction of sp³-hybridized carbons (Fsp3) is 0.214. The van der Waals surface area contributed by atoms with Gasteiger partial charge in [0.05, 0.1) is 10.7 Å². The largest absolute Gasteiger partial charge is 0.339 e. The van der Waals surface area contributed by atoms with E-state index < -0.39 is 5.82 Å². The van der Waals surface area contributed by atoms with Crippen LogP contribution in [0.15, 0.2) is 33.3 Å². The summed E-state index contributed by atoms with van der Waals surface area (Å²) in [5, 5.41) is 2.88. The first-order valence-electron chi connectivity index (χ1n) is 6.29. The van der Waals surface area contributed by atoms with E-state index in [1.807, 2.05) is 10.8 Å². The second-order valence-corrected chi connectivity index (χ2v) is 7.06. The highest BCUT2D eigenvalue weighted by molar-refractivity contribution is 9.10. The molecule has 0 unspecified atom stereocenters. The third-order valence-electron chi connectivity index (χ3n) is 3.23. The Morgan fingerprint density at radius 2 is 2.05 bits per heavy atom. The quantitative estimate of drug-likeness (QED) is 0.688. The van der Waals surface area contributed by atoms with Gasteiger partial charge >= 0.3 is 0 Å². The van der Waals surface area contributed by atoms with Gasteiger partial charge in [-0.1, -0.05) is 11.6 Å². The van der Waals surface area contributed by atoms with E-state index >= 15 is 0 Å². The van der Waals surface area contributed by atoms with Crippen molar-refractivity contribution in [3.8, 4) is 0 Å². The molecule has 0 radical (unpaired) electrons. The first-order valence-corrected chi connectivity index (χ1v) is 8.25. The van der Waals surface area contributed by atoms with Crippen molar-refractivity contribution in [1.29, 1.82) is 0 Å². The van der Waals surface area contributed by atoms with Gasteiger partial charge in [-0.05, 0) is 62.9 Å². The highest BCUT2D eigenvalue weighted by Gasteiger charge is 2.28. The number of nitrogens with one attached hydrogen (secondary N) is 1. The molecule has 3 rings (SSSR count). The van der Waals surface area contributed by atoms with Crippen LogP contribution in [0.3, 0.4) is 0 Å². The van der Waals surface area contributed by atoms with Crippen molar-refractivity contribution in [2.24, 2.45) is 0 Å². The van der Waals surface area contributed by atoms with Crippen molar-refractivity contribution in [2.75, 3.05) is 5.32 Å². The maximum absolute atomic E-state index is 13.2. The zero-order valence-electron chi connectivity index (χ0n) is 10.7. The lowest BCUT2D eigenvalue weighted by atomic mass is 10.3. The molecular formula is C14H10Br2ClFN2O. The van der Waals surface area contributed by atoms with Crippen LogP contribution in [0.1, 0.15) is 29.4 Å². The van der Waals surface area contributed by atoms with Crippen LogP contribution in [-0.2, 0) is 0 Å². The topological polar surface area (TPSA) is 34.0 Å². The number of hydrogen-bond donors (Lipinski definition) is 1. The molecule has 0 aliphatic heterocycles. The first-order chi connectivity index (χ1) is 9.95. The molecule has 1 aromatic heterocycles. The Balaban J connectivity index is 1.90. The van der Waals surface area contributed by atoms with Gasteiger partial charge < -0.3 is 9.88 Å². The van der Waals surface area contributed by atoms with Crippen molar-refractivity contribution < 1.29 is 9.18 Å². The van der Waals surface area contributed by atoms with Gasteiger partial charge in [-0.25, -0.2) is 4.39 Å². The summed E-state index contributed by atoms with van der Waals surface area (Å²) in [6.45, 7) is 0. The molecule has 1 fully saturated rings. The Bertz CT molecular complexity index is 705. The number of anilines is 1. The summed E-state index contributed by atoms with van der Waals surface area (Å²) < 4.78 is 16.4. The van der Waals surface area contributed by atoms with Crippen LogP contribution in [0.2, 0.25) is 5.02 Å². The molecule has 1 aliphatic rings. The predicted octanol–water partition coefficient (Wildman–Crippen LogP) is 5.39. The fourth-order valence-electron chi connectivity index (χ4n) is 2.12. The highest BCUT2D eigenvalue weighted by atomic mass is 79.9. The first kappa shape index (κ1) is 15.1. The van der Waals surface area contributed by atoms with Gasteiger partial charge in [0, 0.05) is 21.2 Å². The monoisotopic (exact) mass is 434 g/mol. The number of nitrogens with zero attached hydrogens (tertiary/aromatic N) is 1. The number of halogens is 4. The SMILES string of the molecule is O=C(Nc1c(Cl)cc(F)cc1Br)c1cc(Br)cn1C1CC1. The molecule has 0 spiro atoms. The summed E-state index contributed by atoms with van der Waals surface area (Å²) in [6.07, 6.45) is 4.04. The molecule has 0 bridgehead atoms. The lowest BCUT2D eigenvalue weighted by Gasteiger charge is -2.11. The van der Waals surface area contributed by atoms with E-state index in [9.17, 15) is 9.18 Å². The maximum Gasteiger partial charge on any atom is 0.272 e. The van der Waals surface area contributed by atoms with Crippen molar-refractivity contribution in [3.63, 3.8) is 0 Å². The molecule has 7 heteroatoms. The van der Waals surface area contributed by atoms with Gasteiger partial charge in [-0.15, -0.1) is 0 Å². The second kappa shape index (κ2) is 5.74. The fourth-order valence-corrected chi connectivity index (χ4v) is 3.46. The van der Waals surface area contributed by atoms with E-state index in [1.54, 1.807) is 6.07 Å². The Hall–Kier alpha value is -0.850. The Kier molecular flexibility index (Phi) is 4.12. The van der Waals surface area contributed by atoms with Crippen molar-refractivity contribution >= 4 is 55.1 Å². The van der Waals surface area contributed by atoms with Crippen LogP contribution in [0.25, 0.3) is 0 Å². The van der Waals surface area contributed by atoms with E-state index in [4.69, 9.17) is 11.6 Å². The molecular weight excluding hydrogens is 426 g/mol. The molecule has 1 aromatic carbocycles. The number of aromatic nitrogens is 1. The summed E-state index contributed by atoms with van der Waals surface area (Å²) in [7, 11) is 0. The van der Waals surface area contributed by atoms with Crippen molar-refractivity contribution in [3.05, 3.63) is 49.9 Å². The number of carbonyl (C=O) groups excluding carboxylic acids is 1. The molecule has 1 amide bonds. The lowest BCUT2D eigenvalue weighted by molar-refractivity contribution is 0.101. The third-order valence-corrected chi connectivity index (χ3v) is 4.59. The van der Waals surface area contributed by atoms with Crippen molar-refractivity contribution in [2.45, 2.75) is 18.9 Å². The minimum atomic E-state index is -0.464. The van der Waals surface area contributed by atoms with Crippen LogP contribution >= 0.6 is 43.5 Å². The van der Waals surface area contributed by atoms with Crippen LogP contribution in [0.5, 0.6) is 0 Å². The minimum absolute atomic E-state index is 0.152. The van der Waals surface area contributed by atoms with E-state index in [2.05, 4.69) is 37.2 Å². The van der Waals surface area contributed by atoms with Gasteiger partial charge in [-0.3, -0.25) is 4.79 Å². The van der Waals surface area contributed by atoms with Crippen molar-refractivity contribution in [1.82, 2.24) is 4.57 Å². The van der Waals surface area contributed by atoms with E-state index in [0.717, 1.165) is 23.4 Å². The average Bonchev–Trinajstić information content (AvgIpc) is 3.16.